The second kappa shape index (κ2) is 7.01. The monoisotopic (exact) mass is 230 g/mol. The van der Waals surface area contributed by atoms with Gasteiger partial charge in [0.2, 0.25) is 0 Å². The van der Waals surface area contributed by atoms with Crippen molar-refractivity contribution in [1.29, 1.82) is 0 Å². The van der Waals surface area contributed by atoms with Crippen molar-refractivity contribution in [3.63, 3.8) is 0 Å². The molecule has 15 heavy (non-hydrogen) atoms. The molecule has 0 spiro atoms. The standard InChI is InChI=1S/C11H22N2OS/c1-3-14-8-9(2)12-11(15)13-10-6-4-5-7-10/h9-10H,3-8H2,1-2H3,(H2,12,13,15). The maximum absolute atomic E-state index is 5.32. The van der Waals surface area contributed by atoms with Crippen molar-refractivity contribution in [2.45, 2.75) is 51.6 Å². The van der Waals surface area contributed by atoms with E-state index in [1.165, 1.54) is 25.7 Å². The van der Waals surface area contributed by atoms with Crippen LogP contribution >= 0.6 is 12.2 Å². The third kappa shape index (κ3) is 5.33. The molecule has 0 amide bonds. The Morgan fingerprint density at radius 3 is 2.73 bits per heavy atom. The lowest BCUT2D eigenvalue weighted by Crippen LogP contribution is -2.45. The van der Waals surface area contributed by atoms with E-state index >= 15 is 0 Å². The molecule has 88 valence electrons. The average Bonchev–Trinajstić information content (AvgIpc) is 2.67. The highest BCUT2D eigenvalue weighted by molar-refractivity contribution is 7.80. The zero-order valence-corrected chi connectivity index (χ0v) is 10.5. The van der Waals surface area contributed by atoms with Gasteiger partial charge < -0.3 is 15.4 Å². The molecule has 3 nitrogen and oxygen atoms in total. The van der Waals surface area contributed by atoms with Crippen LogP contribution in [0, 0.1) is 0 Å². The minimum Gasteiger partial charge on any atom is -0.380 e. The number of hydrogen-bond donors (Lipinski definition) is 2. The Morgan fingerprint density at radius 1 is 1.47 bits per heavy atom. The summed E-state index contributed by atoms with van der Waals surface area (Å²) >= 11 is 5.24. The van der Waals surface area contributed by atoms with Crippen LogP contribution in [-0.2, 0) is 4.74 Å². The first-order valence-electron chi connectivity index (χ1n) is 5.87. The second-order valence-corrected chi connectivity index (χ2v) is 4.57. The normalized spacial score (nSPS) is 18.8. The van der Waals surface area contributed by atoms with E-state index in [9.17, 15) is 0 Å². The molecule has 0 aromatic carbocycles. The highest BCUT2D eigenvalue weighted by Crippen LogP contribution is 2.17. The zero-order chi connectivity index (χ0) is 11.1. The number of nitrogens with one attached hydrogen (secondary N) is 2. The van der Waals surface area contributed by atoms with Crippen LogP contribution in [-0.4, -0.2) is 30.4 Å². The number of hydrogen-bond acceptors (Lipinski definition) is 2. The van der Waals surface area contributed by atoms with Crippen LogP contribution in [0.4, 0.5) is 0 Å². The third-order valence-electron chi connectivity index (χ3n) is 2.64. The molecule has 0 radical (unpaired) electrons. The van der Waals surface area contributed by atoms with Crippen LogP contribution in [0.15, 0.2) is 0 Å². The lowest BCUT2D eigenvalue weighted by Gasteiger charge is -2.19. The van der Waals surface area contributed by atoms with E-state index < -0.39 is 0 Å². The van der Waals surface area contributed by atoms with Gasteiger partial charge in [0.1, 0.15) is 0 Å². The predicted molar refractivity (Wildman–Crippen MR) is 67.1 cm³/mol. The second-order valence-electron chi connectivity index (χ2n) is 4.16. The summed E-state index contributed by atoms with van der Waals surface area (Å²) < 4.78 is 5.32. The number of ether oxygens (including phenoxy) is 1. The van der Waals surface area contributed by atoms with Crippen molar-refractivity contribution in [2.75, 3.05) is 13.2 Å². The van der Waals surface area contributed by atoms with E-state index in [2.05, 4.69) is 17.6 Å². The molecule has 0 aromatic rings. The molecule has 0 aromatic heterocycles. The Morgan fingerprint density at radius 2 is 2.13 bits per heavy atom. The van der Waals surface area contributed by atoms with E-state index in [1.54, 1.807) is 0 Å². The molecule has 0 saturated heterocycles. The summed E-state index contributed by atoms with van der Waals surface area (Å²) in [5.74, 6) is 0. The van der Waals surface area contributed by atoms with Gasteiger partial charge in [-0.2, -0.15) is 0 Å². The smallest absolute Gasteiger partial charge is 0.166 e. The van der Waals surface area contributed by atoms with Crippen LogP contribution < -0.4 is 10.6 Å². The summed E-state index contributed by atoms with van der Waals surface area (Å²) in [5.41, 5.74) is 0. The van der Waals surface area contributed by atoms with Crippen LogP contribution in [0.25, 0.3) is 0 Å². The molecule has 0 heterocycles. The first kappa shape index (κ1) is 12.7. The maximum atomic E-state index is 5.32. The van der Waals surface area contributed by atoms with Crippen LogP contribution in [0.1, 0.15) is 39.5 Å². The Hall–Kier alpha value is -0.350. The molecule has 1 saturated carbocycles. The van der Waals surface area contributed by atoms with Crippen molar-refractivity contribution in [2.24, 2.45) is 0 Å². The molecule has 1 fully saturated rings. The first-order valence-corrected chi connectivity index (χ1v) is 6.28. The first-order chi connectivity index (χ1) is 7.22. The van der Waals surface area contributed by atoms with Gasteiger partial charge in [-0.3, -0.25) is 0 Å². The molecule has 1 aliphatic carbocycles. The minimum absolute atomic E-state index is 0.284. The molecular weight excluding hydrogens is 208 g/mol. The maximum Gasteiger partial charge on any atom is 0.166 e. The summed E-state index contributed by atoms with van der Waals surface area (Å²) in [5, 5.41) is 7.36. The third-order valence-corrected chi connectivity index (χ3v) is 2.88. The lowest BCUT2D eigenvalue weighted by molar-refractivity contribution is 0.132. The molecular formula is C11H22N2OS. The predicted octanol–water partition coefficient (Wildman–Crippen LogP) is 1.82. The number of thiocarbonyl (C=S) groups is 1. The summed E-state index contributed by atoms with van der Waals surface area (Å²) in [4.78, 5) is 0. The van der Waals surface area contributed by atoms with Gasteiger partial charge >= 0.3 is 0 Å². The van der Waals surface area contributed by atoms with Crippen LogP contribution in [0.5, 0.6) is 0 Å². The van der Waals surface area contributed by atoms with E-state index in [0.717, 1.165) is 11.7 Å². The largest absolute Gasteiger partial charge is 0.380 e. The van der Waals surface area contributed by atoms with Crippen molar-refractivity contribution < 1.29 is 4.74 Å². The van der Waals surface area contributed by atoms with E-state index in [0.29, 0.717) is 12.6 Å². The zero-order valence-electron chi connectivity index (χ0n) is 9.71. The van der Waals surface area contributed by atoms with Crippen LogP contribution in [0.3, 0.4) is 0 Å². The Kier molecular flexibility index (Phi) is 5.95. The van der Waals surface area contributed by atoms with Crippen molar-refractivity contribution in [3.05, 3.63) is 0 Å². The summed E-state index contributed by atoms with van der Waals surface area (Å²) in [7, 11) is 0. The molecule has 1 unspecified atom stereocenters. The summed E-state index contributed by atoms with van der Waals surface area (Å²) in [6, 6.07) is 0.871. The Labute approximate surface area is 98.0 Å². The fourth-order valence-electron chi connectivity index (χ4n) is 1.86. The van der Waals surface area contributed by atoms with E-state index in [-0.39, 0.29) is 6.04 Å². The van der Waals surface area contributed by atoms with Gasteiger partial charge in [0, 0.05) is 18.7 Å². The van der Waals surface area contributed by atoms with Crippen LogP contribution in [0.2, 0.25) is 0 Å². The van der Waals surface area contributed by atoms with Gasteiger partial charge in [-0.05, 0) is 38.9 Å². The number of rotatable bonds is 5. The molecule has 0 bridgehead atoms. The molecule has 4 heteroatoms. The quantitative estimate of drug-likeness (QED) is 0.706. The topological polar surface area (TPSA) is 33.3 Å². The van der Waals surface area contributed by atoms with Gasteiger partial charge in [-0.25, -0.2) is 0 Å². The lowest BCUT2D eigenvalue weighted by atomic mass is 10.2. The minimum atomic E-state index is 0.284. The fraction of sp³-hybridized carbons (Fsp3) is 0.909. The van der Waals surface area contributed by atoms with Crippen molar-refractivity contribution in [3.8, 4) is 0 Å². The average molecular weight is 230 g/mol. The fourth-order valence-corrected chi connectivity index (χ4v) is 2.23. The summed E-state index contributed by atoms with van der Waals surface area (Å²) in [6.07, 6.45) is 5.16. The SMILES string of the molecule is CCOCC(C)NC(=S)NC1CCCC1. The molecule has 1 atom stereocenters. The Balaban J connectivity index is 2.11. The van der Waals surface area contributed by atoms with E-state index in [4.69, 9.17) is 17.0 Å². The molecule has 2 N–H and O–H groups in total. The van der Waals surface area contributed by atoms with Crippen molar-refractivity contribution >= 4 is 17.3 Å². The van der Waals surface area contributed by atoms with Gasteiger partial charge in [-0.15, -0.1) is 0 Å². The molecule has 1 rings (SSSR count). The molecule has 0 aliphatic heterocycles. The van der Waals surface area contributed by atoms with Gasteiger partial charge in [-0.1, -0.05) is 12.8 Å². The van der Waals surface area contributed by atoms with Gasteiger partial charge in [0.25, 0.3) is 0 Å². The van der Waals surface area contributed by atoms with E-state index in [1.807, 2.05) is 6.92 Å². The Bertz CT molecular complexity index is 193. The molecule has 1 aliphatic rings. The highest BCUT2D eigenvalue weighted by atomic mass is 32.1. The van der Waals surface area contributed by atoms with Gasteiger partial charge in [0.05, 0.1) is 6.61 Å². The van der Waals surface area contributed by atoms with Crippen molar-refractivity contribution in [1.82, 2.24) is 10.6 Å². The summed E-state index contributed by atoms with van der Waals surface area (Å²) in [6.45, 7) is 5.55. The highest BCUT2D eigenvalue weighted by Gasteiger charge is 2.15. The van der Waals surface area contributed by atoms with Gasteiger partial charge in [0.15, 0.2) is 5.11 Å².